The quantitative estimate of drug-likeness (QED) is 0.526. The minimum absolute atomic E-state index is 0.686. The minimum Gasteiger partial charge on any atom is -0.103 e. The second-order valence-electron chi connectivity index (χ2n) is 3.54. The van der Waals surface area contributed by atoms with E-state index in [1.54, 1.807) is 0 Å². The van der Waals surface area contributed by atoms with Crippen molar-refractivity contribution in [3.63, 3.8) is 0 Å². The van der Waals surface area contributed by atoms with Crippen LogP contribution in [-0.2, 0) is 0 Å². The van der Waals surface area contributed by atoms with Crippen molar-refractivity contribution in [3.8, 4) is 0 Å². The van der Waals surface area contributed by atoms with Crippen molar-refractivity contribution in [2.24, 2.45) is 11.8 Å². The van der Waals surface area contributed by atoms with Crippen molar-refractivity contribution in [2.75, 3.05) is 0 Å². The van der Waals surface area contributed by atoms with Crippen LogP contribution in [0.15, 0.2) is 24.8 Å². The Labute approximate surface area is 71.0 Å². The molecule has 0 spiro atoms. The predicted octanol–water partition coefficient (Wildman–Crippen LogP) is 3.80. The first kappa shape index (κ1) is 10.5. The fraction of sp³-hybridized carbons (Fsp3) is 0.636. The van der Waals surface area contributed by atoms with E-state index in [1.807, 2.05) is 6.08 Å². The first-order valence-corrected chi connectivity index (χ1v) is 4.44. The van der Waals surface area contributed by atoms with E-state index in [1.165, 1.54) is 6.42 Å². The molecule has 0 rings (SSSR count). The zero-order chi connectivity index (χ0) is 8.69. The van der Waals surface area contributed by atoms with Crippen molar-refractivity contribution >= 4 is 0 Å². The number of rotatable bonds is 5. The highest BCUT2D eigenvalue weighted by Gasteiger charge is 1.94. The second-order valence-corrected chi connectivity index (χ2v) is 3.54. The van der Waals surface area contributed by atoms with E-state index >= 15 is 0 Å². The Hall–Kier alpha value is -0.520. The lowest BCUT2D eigenvalue weighted by Crippen LogP contribution is -1.89. The Morgan fingerprint density at radius 2 is 1.82 bits per heavy atom. The molecule has 0 fully saturated rings. The molecule has 0 aromatic carbocycles. The fourth-order valence-corrected chi connectivity index (χ4v) is 0.964. The van der Waals surface area contributed by atoms with E-state index in [9.17, 15) is 0 Å². The fourth-order valence-electron chi connectivity index (χ4n) is 0.964. The summed E-state index contributed by atoms with van der Waals surface area (Å²) in [6.07, 6.45) is 8.85. The Bertz CT molecular complexity index is 120. The summed E-state index contributed by atoms with van der Waals surface area (Å²) in [7, 11) is 0. The van der Waals surface area contributed by atoms with Crippen molar-refractivity contribution in [1.82, 2.24) is 0 Å². The van der Waals surface area contributed by atoms with E-state index in [2.05, 4.69) is 39.5 Å². The van der Waals surface area contributed by atoms with Gasteiger partial charge in [-0.05, 0) is 24.7 Å². The van der Waals surface area contributed by atoms with Gasteiger partial charge in [0.15, 0.2) is 0 Å². The highest BCUT2D eigenvalue weighted by molar-refractivity contribution is 4.86. The molecule has 0 aliphatic carbocycles. The van der Waals surface area contributed by atoms with Crippen LogP contribution in [0.25, 0.3) is 0 Å². The third-order valence-electron chi connectivity index (χ3n) is 1.63. The van der Waals surface area contributed by atoms with Crippen molar-refractivity contribution in [1.29, 1.82) is 0 Å². The van der Waals surface area contributed by atoms with Gasteiger partial charge in [-0.3, -0.25) is 0 Å². The minimum atomic E-state index is 0.686. The predicted molar refractivity (Wildman–Crippen MR) is 52.6 cm³/mol. The third kappa shape index (κ3) is 7.38. The molecule has 11 heavy (non-hydrogen) atoms. The largest absolute Gasteiger partial charge is 0.103 e. The van der Waals surface area contributed by atoms with Gasteiger partial charge in [0.05, 0.1) is 0 Å². The van der Waals surface area contributed by atoms with E-state index in [0.29, 0.717) is 5.92 Å². The molecule has 0 radical (unpaired) electrons. The van der Waals surface area contributed by atoms with Gasteiger partial charge < -0.3 is 0 Å². The topological polar surface area (TPSA) is 0 Å². The van der Waals surface area contributed by atoms with Gasteiger partial charge in [0, 0.05) is 0 Å². The third-order valence-corrected chi connectivity index (χ3v) is 1.63. The van der Waals surface area contributed by atoms with Crippen LogP contribution >= 0.6 is 0 Å². The maximum absolute atomic E-state index is 3.72. The molecule has 1 unspecified atom stereocenters. The van der Waals surface area contributed by atoms with Gasteiger partial charge >= 0.3 is 0 Å². The van der Waals surface area contributed by atoms with Crippen LogP contribution in [0, 0.1) is 11.8 Å². The number of hydrogen-bond acceptors (Lipinski definition) is 0. The van der Waals surface area contributed by atoms with Crippen LogP contribution in [-0.4, -0.2) is 0 Å². The average Bonchev–Trinajstić information content (AvgIpc) is 1.87. The Morgan fingerprint density at radius 3 is 2.27 bits per heavy atom. The zero-order valence-corrected chi connectivity index (χ0v) is 8.01. The molecular weight excluding hydrogens is 132 g/mol. The summed E-state index contributed by atoms with van der Waals surface area (Å²) < 4.78 is 0. The maximum atomic E-state index is 3.72. The molecule has 0 aromatic rings. The first-order chi connectivity index (χ1) is 5.16. The summed E-state index contributed by atoms with van der Waals surface area (Å²) >= 11 is 0. The molecule has 0 aliphatic heterocycles. The van der Waals surface area contributed by atoms with E-state index in [4.69, 9.17) is 0 Å². The zero-order valence-electron chi connectivity index (χ0n) is 8.01. The normalized spacial score (nSPS) is 14.2. The summed E-state index contributed by atoms with van der Waals surface area (Å²) in [5.41, 5.74) is 0. The molecule has 0 N–H and O–H groups in total. The SMILES string of the molecule is C=CCC(C)CC=CC(C)C. The molecule has 0 bridgehead atoms. The summed E-state index contributed by atoms with van der Waals surface area (Å²) in [6.45, 7) is 10.4. The first-order valence-electron chi connectivity index (χ1n) is 4.44. The lowest BCUT2D eigenvalue weighted by molar-refractivity contribution is 0.601. The van der Waals surface area contributed by atoms with Crippen molar-refractivity contribution in [3.05, 3.63) is 24.8 Å². The molecule has 0 aliphatic rings. The van der Waals surface area contributed by atoms with Gasteiger partial charge in [0.1, 0.15) is 0 Å². The van der Waals surface area contributed by atoms with E-state index in [-0.39, 0.29) is 0 Å². The molecule has 0 heterocycles. The van der Waals surface area contributed by atoms with Crippen LogP contribution < -0.4 is 0 Å². The second kappa shape index (κ2) is 6.21. The van der Waals surface area contributed by atoms with Gasteiger partial charge in [0.25, 0.3) is 0 Å². The van der Waals surface area contributed by atoms with Crippen LogP contribution in [0.4, 0.5) is 0 Å². The Kier molecular flexibility index (Phi) is 5.91. The number of allylic oxidation sites excluding steroid dienone is 3. The molecule has 0 aromatic heterocycles. The van der Waals surface area contributed by atoms with E-state index in [0.717, 1.165) is 12.3 Å². The summed E-state index contributed by atoms with van der Waals surface area (Å²) in [5.74, 6) is 1.44. The van der Waals surface area contributed by atoms with Crippen LogP contribution in [0.1, 0.15) is 33.6 Å². The highest BCUT2D eigenvalue weighted by Crippen LogP contribution is 2.09. The lowest BCUT2D eigenvalue weighted by atomic mass is 10.0. The molecular formula is C11H20. The average molecular weight is 152 g/mol. The standard InChI is InChI=1S/C11H20/c1-5-7-11(4)9-6-8-10(2)3/h5-6,8,10-11H,1,7,9H2,2-4H3. The van der Waals surface area contributed by atoms with Crippen molar-refractivity contribution < 1.29 is 0 Å². The van der Waals surface area contributed by atoms with Crippen LogP contribution in [0.5, 0.6) is 0 Å². The van der Waals surface area contributed by atoms with Crippen molar-refractivity contribution in [2.45, 2.75) is 33.6 Å². The summed E-state index contributed by atoms with van der Waals surface area (Å²) in [5, 5.41) is 0. The number of hydrogen-bond donors (Lipinski definition) is 0. The molecule has 1 atom stereocenters. The Morgan fingerprint density at radius 1 is 1.18 bits per heavy atom. The van der Waals surface area contributed by atoms with Crippen LogP contribution in [0.2, 0.25) is 0 Å². The molecule has 0 amide bonds. The summed E-state index contributed by atoms with van der Waals surface area (Å²) in [4.78, 5) is 0. The molecule has 0 saturated heterocycles. The highest BCUT2D eigenvalue weighted by atomic mass is 14.0. The van der Waals surface area contributed by atoms with Gasteiger partial charge in [-0.2, -0.15) is 0 Å². The van der Waals surface area contributed by atoms with E-state index < -0.39 is 0 Å². The summed E-state index contributed by atoms with van der Waals surface area (Å²) in [6, 6.07) is 0. The molecule has 0 nitrogen and oxygen atoms in total. The Balaban J connectivity index is 3.43. The van der Waals surface area contributed by atoms with Crippen LogP contribution in [0.3, 0.4) is 0 Å². The molecule has 0 saturated carbocycles. The van der Waals surface area contributed by atoms with Gasteiger partial charge in [0.2, 0.25) is 0 Å². The smallest absolute Gasteiger partial charge is 0.0290 e. The van der Waals surface area contributed by atoms with Gasteiger partial charge in [-0.15, -0.1) is 6.58 Å². The maximum Gasteiger partial charge on any atom is -0.0290 e. The molecule has 0 heteroatoms. The van der Waals surface area contributed by atoms with Gasteiger partial charge in [-0.25, -0.2) is 0 Å². The lowest BCUT2D eigenvalue weighted by Gasteiger charge is -2.03. The monoisotopic (exact) mass is 152 g/mol. The molecule has 64 valence electrons. The van der Waals surface area contributed by atoms with Gasteiger partial charge in [-0.1, -0.05) is 39.0 Å².